The zero-order valence-corrected chi connectivity index (χ0v) is 5.68. The average molecular weight is 208 g/mol. The van der Waals surface area contributed by atoms with Gasteiger partial charge in [0.1, 0.15) is 0 Å². The van der Waals surface area contributed by atoms with Crippen LogP contribution < -0.4 is 0 Å². The zero-order valence-electron chi connectivity index (χ0n) is 2.25. The van der Waals surface area contributed by atoms with Crippen molar-refractivity contribution in [3.63, 3.8) is 0 Å². The minimum absolute atomic E-state index is 0. The Labute approximate surface area is 50.7 Å². The van der Waals surface area contributed by atoms with Gasteiger partial charge in [-0.1, -0.05) is 0 Å². The lowest BCUT2D eigenvalue weighted by Gasteiger charge is -1.34. The van der Waals surface area contributed by atoms with E-state index in [-0.39, 0.29) is 40.4 Å². The molecule has 0 aliphatic rings. The lowest BCUT2D eigenvalue weighted by Crippen LogP contribution is -1.49. The highest BCUT2D eigenvalue weighted by atomic mass is 79.9. The lowest BCUT2D eigenvalue weighted by molar-refractivity contribution is -0.122. The first-order valence-electron chi connectivity index (χ1n) is 0.494. The Morgan fingerprint density at radius 3 is 1.40 bits per heavy atom. The van der Waals surface area contributed by atoms with Gasteiger partial charge in [0.25, 0.3) is 6.47 Å². The molecule has 4 heteroatoms. The average Bonchev–Trinajstić information content (AvgIpc) is 0.918. The largest absolute Gasteiger partial charge is 0.483 e. The topological polar surface area (TPSA) is 37.3 Å². The molecule has 0 saturated carbocycles. The fourth-order valence-electron chi connectivity index (χ4n) is 0. The van der Waals surface area contributed by atoms with Crippen LogP contribution >= 0.6 is 34.0 Å². The fourth-order valence-corrected chi connectivity index (χ4v) is 0. The van der Waals surface area contributed by atoms with Crippen LogP contribution in [0.4, 0.5) is 0 Å². The van der Waals surface area contributed by atoms with Crippen LogP contribution in [0.1, 0.15) is 0 Å². The van der Waals surface area contributed by atoms with Crippen LogP contribution in [-0.4, -0.2) is 11.6 Å². The maximum Gasteiger partial charge on any atom is 0.290 e. The molecular formula is CH4Br2O2. The summed E-state index contributed by atoms with van der Waals surface area (Å²) in [6, 6.07) is 0. The Balaban J connectivity index is -0.0000000200. The summed E-state index contributed by atoms with van der Waals surface area (Å²) in [5, 5.41) is 6.89. The highest BCUT2D eigenvalue weighted by Gasteiger charge is 1.22. The molecule has 0 saturated heterocycles. The van der Waals surface area contributed by atoms with Gasteiger partial charge in [-0.15, -0.1) is 34.0 Å². The first-order chi connectivity index (χ1) is 1.41. The number of halogens is 2. The fraction of sp³-hybridized carbons (Fsp3) is 0. The summed E-state index contributed by atoms with van der Waals surface area (Å²) in [4.78, 5) is 8.36. The number of rotatable bonds is 0. The van der Waals surface area contributed by atoms with Crippen molar-refractivity contribution >= 4 is 40.4 Å². The van der Waals surface area contributed by atoms with Gasteiger partial charge in [-0.3, -0.25) is 4.79 Å². The SMILES string of the molecule is Br.Br.O=CO. The first kappa shape index (κ1) is 18.0. The molecule has 0 atom stereocenters. The van der Waals surface area contributed by atoms with Crippen molar-refractivity contribution in [3.8, 4) is 0 Å². The number of hydrogen-bond donors (Lipinski definition) is 1. The molecule has 0 fully saturated rings. The second-order valence-corrected chi connectivity index (χ2v) is 0.105. The molecule has 2 nitrogen and oxygen atoms in total. The summed E-state index contributed by atoms with van der Waals surface area (Å²) in [5.74, 6) is 0. The van der Waals surface area contributed by atoms with Crippen LogP contribution in [-0.2, 0) is 4.79 Å². The number of hydrogen-bond acceptors (Lipinski definition) is 1. The predicted molar refractivity (Wildman–Crippen MR) is 29.3 cm³/mol. The molecular weight excluding hydrogens is 204 g/mol. The van der Waals surface area contributed by atoms with Gasteiger partial charge in [-0.05, 0) is 0 Å². The summed E-state index contributed by atoms with van der Waals surface area (Å²) in [6.07, 6.45) is 0. The third kappa shape index (κ3) is 141. The van der Waals surface area contributed by atoms with Crippen molar-refractivity contribution in [1.82, 2.24) is 0 Å². The van der Waals surface area contributed by atoms with E-state index in [0.29, 0.717) is 0 Å². The third-order valence-corrected chi connectivity index (χ3v) is 0. The molecule has 0 aromatic rings. The van der Waals surface area contributed by atoms with Gasteiger partial charge in [0.2, 0.25) is 0 Å². The van der Waals surface area contributed by atoms with Crippen LogP contribution in [0.5, 0.6) is 0 Å². The highest BCUT2D eigenvalue weighted by Crippen LogP contribution is 0.966. The van der Waals surface area contributed by atoms with E-state index >= 15 is 0 Å². The van der Waals surface area contributed by atoms with Crippen molar-refractivity contribution in [1.29, 1.82) is 0 Å². The molecule has 0 rings (SSSR count). The summed E-state index contributed by atoms with van der Waals surface area (Å²) in [6.45, 7) is -0.250. The van der Waals surface area contributed by atoms with Gasteiger partial charge >= 0.3 is 0 Å². The van der Waals surface area contributed by atoms with Crippen LogP contribution in [0, 0.1) is 0 Å². The van der Waals surface area contributed by atoms with Crippen LogP contribution in [0.15, 0.2) is 0 Å². The molecule has 0 aliphatic carbocycles. The Hall–Kier alpha value is 0.430. The minimum atomic E-state index is -0.250. The van der Waals surface area contributed by atoms with E-state index in [1.165, 1.54) is 0 Å². The summed E-state index contributed by atoms with van der Waals surface area (Å²) in [5.41, 5.74) is 0. The number of carbonyl (C=O) groups is 1. The number of carboxylic acid groups (broad SMARTS) is 1. The third-order valence-electron chi connectivity index (χ3n) is 0. The molecule has 0 bridgehead atoms. The normalized spacial score (nSPS) is 2.40. The van der Waals surface area contributed by atoms with Crippen LogP contribution in [0.25, 0.3) is 0 Å². The Kier molecular flexibility index (Phi) is 92.0. The molecule has 34 valence electrons. The molecule has 0 heterocycles. The van der Waals surface area contributed by atoms with E-state index in [4.69, 9.17) is 9.90 Å². The van der Waals surface area contributed by atoms with E-state index in [2.05, 4.69) is 0 Å². The first-order valence-corrected chi connectivity index (χ1v) is 0.494. The van der Waals surface area contributed by atoms with E-state index in [9.17, 15) is 0 Å². The Morgan fingerprint density at radius 1 is 1.40 bits per heavy atom. The summed E-state index contributed by atoms with van der Waals surface area (Å²) >= 11 is 0. The smallest absolute Gasteiger partial charge is 0.290 e. The molecule has 0 unspecified atom stereocenters. The second-order valence-electron chi connectivity index (χ2n) is 0.105. The van der Waals surface area contributed by atoms with Crippen LogP contribution in [0.3, 0.4) is 0 Å². The molecule has 0 aromatic carbocycles. The molecule has 1 N–H and O–H groups in total. The summed E-state index contributed by atoms with van der Waals surface area (Å²) < 4.78 is 0. The Morgan fingerprint density at radius 2 is 1.40 bits per heavy atom. The monoisotopic (exact) mass is 206 g/mol. The Bertz CT molecular complexity index is 15.1. The molecule has 5 heavy (non-hydrogen) atoms. The van der Waals surface area contributed by atoms with Crippen molar-refractivity contribution in [3.05, 3.63) is 0 Å². The van der Waals surface area contributed by atoms with Gasteiger partial charge in [-0.2, -0.15) is 0 Å². The highest BCUT2D eigenvalue weighted by molar-refractivity contribution is 8.93. The molecule has 0 aliphatic heterocycles. The van der Waals surface area contributed by atoms with E-state index in [0.717, 1.165) is 0 Å². The van der Waals surface area contributed by atoms with Gasteiger partial charge in [0.05, 0.1) is 0 Å². The quantitative estimate of drug-likeness (QED) is 0.599. The van der Waals surface area contributed by atoms with Crippen molar-refractivity contribution in [2.75, 3.05) is 0 Å². The van der Waals surface area contributed by atoms with Gasteiger partial charge in [0, 0.05) is 0 Å². The van der Waals surface area contributed by atoms with Crippen molar-refractivity contribution in [2.24, 2.45) is 0 Å². The lowest BCUT2D eigenvalue weighted by atomic mass is 11.7. The van der Waals surface area contributed by atoms with E-state index < -0.39 is 0 Å². The van der Waals surface area contributed by atoms with Gasteiger partial charge < -0.3 is 5.11 Å². The molecule has 0 spiro atoms. The van der Waals surface area contributed by atoms with Gasteiger partial charge in [0.15, 0.2) is 0 Å². The van der Waals surface area contributed by atoms with E-state index in [1.807, 2.05) is 0 Å². The van der Waals surface area contributed by atoms with Gasteiger partial charge in [-0.25, -0.2) is 0 Å². The molecule has 0 radical (unpaired) electrons. The zero-order chi connectivity index (χ0) is 2.71. The van der Waals surface area contributed by atoms with E-state index in [1.54, 1.807) is 0 Å². The summed E-state index contributed by atoms with van der Waals surface area (Å²) in [7, 11) is 0. The maximum atomic E-state index is 8.36. The molecule has 0 amide bonds. The van der Waals surface area contributed by atoms with Crippen LogP contribution in [0.2, 0.25) is 0 Å². The van der Waals surface area contributed by atoms with Crippen molar-refractivity contribution in [2.45, 2.75) is 0 Å². The minimum Gasteiger partial charge on any atom is -0.483 e. The predicted octanol–water partition coefficient (Wildman–Crippen LogP) is 0.857. The second kappa shape index (κ2) is 25.5. The molecule has 0 aromatic heterocycles. The van der Waals surface area contributed by atoms with Crippen molar-refractivity contribution < 1.29 is 9.90 Å². The maximum absolute atomic E-state index is 8.36. The standard InChI is InChI=1S/CH2O2.2BrH/c2-1-3;;/h1H,(H,2,3);2*1H.